The maximum Gasteiger partial charge on any atom is 0.251 e. The van der Waals surface area contributed by atoms with Gasteiger partial charge in [0.25, 0.3) is 5.91 Å². The van der Waals surface area contributed by atoms with Crippen molar-refractivity contribution in [3.8, 4) is 0 Å². The van der Waals surface area contributed by atoms with Crippen LogP contribution in [0, 0.1) is 0 Å². The van der Waals surface area contributed by atoms with Crippen molar-refractivity contribution in [2.45, 2.75) is 62.6 Å². The Labute approximate surface area is 166 Å². The number of nitrogens with zero attached hydrogens (tertiary/aromatic N) is 3. The van der Waals surface area contributed by atoms with E-state index in [0.29, 0.717) is 12.1 Å². The van der Waals surface area contributed by atoms with Gasteiger partial charge in [-0.15, -0.1) is 0 Å². The number of amides is 1. The summed E-state index contributed by atoms with van der Waals surface area (Å²) in [6.07, 6.45) is 10.4. The number of hydrogen-bond acceptors (Lipinski definition) is 4. The summed E-state index contributed by atoms with van der Waals surface area (Å²) in [5.41, 5.74) is 0.441. The number of carbonyl (C=O) groups is 1. The highest BCUT2D eigenvalue weighted by Gasteiger charge is 2.29. The molecule has 1 N–H and O–H groups in total. The van der Waals surface area contributed by atoms with Crippen molar-refractivity contribution in [1.29, 1.82) is 0 Å². The molecule has 1 saturated carbocycles. The molecule has 0 bridgehead atoms. The van der Waals surface area contributed by atoms with Gasteiger partial charge in [-0.05, 0) is 44.0 Å². The van der Waals surface area contributed by atoms with Gasteiger partial charge in [0, 0.05) is 43.6 Å². The molecule has 1 atom stereocenters. The Morgan fingerprint density at radius 1 is 1.25 bits per heavy atom. The van der Waals surface area contributed by atoms with Crippen LogP contribution in [0.25, 0.3) is 0 Å². The van der Waals surface area contributed by atoms with Gasteiger partial charge < -0.3 is 9.88 Å². The first kappa shape index (κ1) is 20.5. The Balaban J connectivity index is 1.64. The van der Waals surface area contributed by atoms with Gasteiger partial charge in [0.15, 0.2) is 0 Å². The van der Waals surface area contributed by atoms with Gasteiger partial charge in [-0.1, -0.05) is 19.3 Å². The fourth-order valence-corrected chi connectivity index (χ4v) is 5.07. The molecule has 7 nitrogen and oxygen atoms in total. The van der Waals surface area contributed by atoms with Crippen LogP contribution in [-0.4, -0.2) is 47.3 Å². The van der Waals surface area contributed by atoms with Crippen LogP contribution in [0.1, 0.15) is 49.4 Å². The third-order valence-electron chi connectivity index (χ3n) is 5.30. The van der Waals surface area contributed by atoms with Crippen molar-refractivity contribution in [3.05, 3.63) is 48.5 Å². The Morgan fingerprint density at radius 2 is 1.93 bits per heavy atom. The van der Waals surface area contributed by atoms with Crippen LogP contribution in [0.4, 0.5) is 0 Å². The van der Waals surface area contributed by atoms with Crippen LogP contribution in [0.15, 0.2) is 47.9 Å². The van der Waals surface area contributed by atoms with Gasteiger partial charge in [0.2, 0.25) is 10.0 Å². The number of aromatic nitrogens is 2. The lowest BCUT2D eigenvalue weighted by Crippen LogP contribution is -2.38. The maximum absolute atomic E-state index is 12.9. The number of carbonyl (C=O) groups excluding carboxylic acids is 1. The van der Waals surface area contributed by atoms with Crippen LogP contribution in [0.5, 0.6) is 0 Å². The van der Waals surface area contributed by atoms with Gasteiger partial charge in [-0.3, -0.25) is 4.79 Å². The molecule has 1 aromatic carbocycles. The number of hydrogen-bond donors (Lipinski definition) is 1. The zero-order chi connectivity index (χ0) is 20.1. The van der Waals surface area contributed by atoms with E-state index in [4.69, 9.17) is 0 Å². The molecule has 1 aliphatic rings. The second-order valence-corrected chi connectivity index (χ2v) is 9.47. The van der Waals surface area contributed by atoms with E-state index in [2.05, 4.69) is 10.3 Å². The lowest BCUT2D eigenvalue weighted by Gasteiger charge is -2.30. The minimum absolute atomic E-state index is 0.0609. The molecule has 1 aromatic heterocycles. The Bertz CT molecular complexity index is 873. The largest absolute Gasteiger partial charge is 0.348 e. The minimum atomic E-state index is -3.55. The third-order valence-corrected chi connectivity index (χ3v) is 7.23. The highest BCUT2D eigenvalue weighted by molar-refractivity contribution is 7.89. The molecule has 1 aliphatic carbocycles. The van der Waals surface area contributed by atoms with Gasteiger partial charge in [-0.2, -0.15) is 4.31 Å². The second-order valence-electron chi connectivity index (χ2n) is 7.47. The maximum atomic E-state index is 12.9. The number of sulfonamides is 1. The second kappa shape index (κ2) is 8.87. The summed E-state index contributed by atoms with van der Waals surface area (Å²) in [6.45, 7) is 2.53. The van der Waals surface area contributed by atoms with Gasteiger partial charge in [0.1, 0.15) is 0 Å². The first-order chi connectivity index (χ1) is 13.4. The summed E-state index contributed by atoms with van der Waals surface area (Å²) < 4.78 is 29.2. The van der Waals surface area contributed by atoms with E-state index < -0.39 is 10.0 Å². The number of benzene rings is 1. The lowest BCUT2D eigenvalue weighted by molar-refractivity contribution is 0.0936. The molecule has 0 spiro atoms. The molecule has 1 amide bonds. The van der Waals surface area contributed by atoms with E-state index in [9.17, 15) is 13.2 Å². The van der Waals surface area contributed by atoms with Gasteiger partial charge >= 0.3 is 0 Å². The van der Waals surface area contributed by atoms with Crippen molar-refractivity contribution >= 4 is 15.9 Å². The molecule has 0 radical (unpaired) electrons. The molecular weight excluding hydrogens is 376 g/mol. The van der Waals surface area contributed by atoms with Crippen LogP contribution >= 0.6 is 0 Å². The Kier molecular flexibility index (Phi) is 6.51. The van der Waals surface area contributed by atoms with E-state index in [0.717, 1.165) is 25.7 Å². The van der Waals surface area contributed by atoms with Crippen molar-refractivity contribution < 1.29 is 13.2 Å². The summed E-state index contributed by atoms with van der Waals surface area (Å²) in [6, 6.07) is 6.16. The molecule has 28 heavy (non-hydrogen) atoms. The van der Waals surface area contributed by atoms with E-state index in [1.54, 1.807) is 31.7 Å². The van der Waals surface area contributed by atoms with Crippen molar-refractivity contribution in [2.75, 3.05) is 7.05 Å². The Morgan fingerprint density at radius 3 is 2.54 bits per heavy atom. The molecule has 0 saturated heterocycles. The molecular formula is C20H28N4O3S. The van der Waals surface area contributed by atoms with E-state index in [1.165, 1.54) is 22.9 Å². The zero-order valence-corrected chi connectivity index (χ0v) is 17.2. The molecule has 1 heterocycles. The highest BCUT2D eigenvalue weighted by atomic mass is 32.2. The molecule has 152 valence electrons. The minimum Gasteiger partial charge on any atom is -0.348 e. The molecule has 2 aromatic rings. The van der Waals surface area contributed by atoms with Crippen LogP contribution in [0.3, 0.4) is 0 Å². The zero-order valence-electron chi connectivity index (χ0n) is 16.4. The smallest absolute Gasteiger partial charge is 0.251 e. The fraction of sp³-hybridized carbons (Fsp3) is 0.500. The van der Waals surface area contributed by atoms with Crippen LogP contribution < -0.4 is 5.32 Å². The van der Waals surface area contributed by atoms with E-state index in [1.807, 2.05) is 17.7 Å². The van der Waals surface area contributed by atoms with Crippen molar-refractivity contribution in [1.82, 2.24) is 19.2 Å². The standard InChI is InChI=1S/C20H28N4O3S/c1-16(14-24-13-12-21-15-24)22-20(25)17-8-10-19(11-9-17)28(26,27)23(2)18-6-4-3-5-7-18/h8-13,15-16,18H,3-7,14H2,1-2H3,(H,22,25)/t16-/m0/s1. The average Bonchev–Trinajstić information content (AvgIpc) is 3.21. The number of imidazole rings is 1. The molecule has 3 rings (SSSR count). The monoisotopic (exact) mass is 404 g/mol. The summed E-state index contributed by atoms with van der Waals surface area (Å²) in [7, 11) is -1.89. The predicted octanol–water partition coefficient (Wildman–Crippen LogP) is 2.65. The summed E-state index contributed by atoms with van der Waals surface area (Å²) in [5, 5.41) is 2.92. The fourth-order valence-electron chi connectivity index (χ4n) is 3.65. The van der Waals surface area contributed by atoms with Crippen molar-refractivity contribution in [2.24, 2.45) is 0 Å². The summed E-state index contributed by atoms with van der Waals surface area (Å²) in [4.78, 5) is 16.6. The predicted molar refractivity (Wildman–Crippen MR) is 107 cm³/mol. The first-order valence-corrected chi connectivity index (χ1v) is 11.2. The van der Waals surface area contributed by atoms with Crippen LogP contribution in [0.2, 0.25) is 0 Å². The highest BCUT2D eigenvalue weighted by Crippen LogP contribution is 2.26. The molecule has 1 fully saturated rings. The molecule has 8 heteroatoms. The average molecular weight is 405 g/mol. The van der Waals surface area contributed by atoms with E-state index >= 15 is 0 Å². The first-order valence-electron chi connectivity index (χ1n) is 9.72. The number of rotatable bonds is 7. The Hall–Kier alpha value is -2.19. The normalized spacial score (nSPS) is 16.8. The third kappa shape index (κ3) is 4.80. The van der Waals surface area contributed by atoms with Crippen LogP contribution in [-0.2, 0) is 16.6 Å². The van der Waals surface area contributed by atoms with Crippen molar-refractivity contribution in [3.63, 3.8) is 0 Å². The van der Waals surface area contributed by atoms with Gasteiger partial charge in [0.05, 0.1) is 11.2 Å². The lowest BCUT2D eigenvalue weighted by atomic mass is 9.96. The topological polar surface area (TPSA) is 84.3 Å². The van der Waals surface area contributed by atoms with Gasteiger partial charge in [-0.25, -0.2) is 13.4 Å². The van der Waals surface area contributed by atoms with E-state index in [-0.39, 0.29) is 22.9 Å². The molecule has 0 unspecified atom stereocenters. The summed E-state index contributed by atoms with van der Waals surface area (Å²) in [5.74, 6) is -0.225. The quantitative estimate of drug-likeness (QED) is 0.769. The summed E-state index contributed by atoms with van der Waals surface area (Å²) >= 11 is 0. The molecule has 0 aliphatic heterocycles. The number of nitrogens with one attached hydrogen (secondary N) is 1. The SMILES string of the molecule is C[C@@H](Cn1ccnc1)NC(=O)c1ccc(S(=O)(=O)N(C)C2CCCCC2)cc1.